The van der Waals surface area contributed by atoms with Gasteiger partial charge in [-0.3, -0.25) is 0 Å². The zero-order valence-electron chi connectivity index (χ0n) is 22.2. The van der Waals surface area contributed by atoms with E-state index >= 15 is 0 Å². The Hall–Kier alpha value is -3.41. The number of ether oxygens (including phenoxy) is 2. The van der Waals surface area contributed by atoms with Gasteiger partial charge in [-0.05, 0) is 87.0 Å². The van der Waals surface area contributed by atoms with Crippen LogP contribution in [0.25, 0.3) is 15.0 Å². The molecule has 0 amide bonds. The third-order valence-corrected chi connectivity index (χ3v) is 8.81. The van der Waals surface area contributed by atoms with E-state index in [1.54, 1.807) is 13.8 Å². The van der Waals surface area contributed by atoms with E-state index in [4.69, 9.17) is 9.47 Å². The number of thioether (sulfide) groups is 1. The SMILES string of the molecule is Cc1cc(-[s+]2c(C)cc3ccccc32)cc(C)c1OCC(=O)OC(C)(C)C#Cc1ccc(SC(F)(F)F)cc1. The summed E-state index contributed by atoms with van der Waals surface area (Å²) in [5.74, 6) is 5.79. The summed E-state index contributed by atoms with van der Waals surface area (Å²) in [6.07, 6.45) is 0. The molecule has 1 atom stereocenters. The van der Waals surface area contributed by atoms with Gasteiger partial charge in [0.05, 0.1) is 0 Å². The van der Waals surface area contributed by atoms with Gasteiger partial charge in [-0.2, -0.15) is 13.2 Å². The number of rotatable bonds is 6. The van der Waals surface area contributed by atoms with Crippen molar-refractivity contribution < 1.29 is 27.4 Å². The summed E-state index contributed by atoms with van der Waals surface area (Å²) in [6.45, 7) is 9.11. The highest BCUT2D eigenvalue weighted by Crippen LogP contribution is 2.45. The molecule has 1 aromatic heterocycles. The second-order valence-corrected chi connectivity index (χ2v) is 12.9. The molecule has 202 valence electrons. The number of benzene rings is 3. The Labute approximate surface area is 233 Å². The van der Waals surface area contributed by atoms with E-state index in [0.29, 0.717) is 11.3 Å². The summed E-state index contributed by atoms with van der Waals surface area (Å²) in [4.78, 5) is 15.2. The quantitative estimate of drug-likeness (QED) is 0.101. The lowest BCUT2D eigenvalue weighted by Crippen LogP contribution is -2.29. The summed E-state index contributed by atoms with van der Waals surface area (Å²) in [7, 11) is -0.142. The molecular weight excluding hydrogens is 541 g/mol. The molecule has 0 saturated carbocycles. The summed E-state index contributed by atoms with van der Waals surface area (Å²) >= 11 is -0.182. The monoisotopic (exact) mass is 569 g/mol. The molecule has 0 spiro atoms. The lowest BCUT2D eigenvalue weighted by atomic mass is 10.1. The van der Waals surface area contributed by atoms with E-state index in [1.807, 2.05) is 19.9 Å². The minimum absolute atomic E-state index is 0.0784. The number of halogens is 3. The Morgan fingerprint density at radius 3 is 2.23 bits per heavy atom. The lowest BCUT2D eigenvalue weighted by Gasteiger charge is -2.19. The van der Waals surface area contributed by atoms with Crippen molar-refractivity contribution in [2.45, 2.75) is 50.6 Å². The maximum atomic E-state index is 12.6. The van der Waals surface area contributed by atoms with E-state index in [-0.39, 0.29) is 33.7 Å². The maximum absolute atomic E-state index is 12.6. The van der Waals surface area contributed by atoms with Crippen LogP contribution in [0.3, 0.4) is 0 Å². The van der Waals surface area contributed by atoms with Gasteiger partial charge in [0.1, 0.15) is 5.75 Å². The number of aryl methyl sites for hydroxylation is 3. The topological polar surface area (TPSA) is 35.5 Å². The van der Waals surface area contributed by atoms with Crippen LogP contribution in [-0.4, -0.2) is 23.7 Å². The van der Waals surface area contributed by atoms with Gasteiger partial charge in [-0.1, -0.05) is 24.0 Å². The van der Waals surface area contributed by atoms with Gasteiger partial charge in [0.25, 0.3) is 0 Å². The number of carbonyl (C=O) groups is 1. The van der Waals surface area contributed by atoms with E-state index in [9.17, 15) is 18.0 Å². The molecular formula is C31H28F3O3S2+. The largest absolute Gasteiger partial charge is 0.481 e. The highest BCUT2D eigenvalue weighted by Gasteiger charge is 2.29. The normalized spacial score (nSPS) is 12.2. The van der Waals surface area contributed by atoms with Gasteiger partial charge in [-0.15, -0.1) is 0 Å². The molecule has 8 heteroatoms. The van der Waals surface area contributed by atoms with Crippen LogP contribution in [-0.2, 0) is 9.53 Å². The fraction of sp³-hybridized carbons (Fsp3) is 0.258. The lowest BCUT2D eigenvalue weighted by molar-refractivity contribution is -0.154. The Bertz CT molecular complexity index is 1550. The van der Waals surface area contributed by atoms with Gasteiger partial charge in [-0.25, -0.2) is 4.79 Å². The van der Waals surface area contributed by atoms with Crippen molar-refractivity contribution in [2.24, 2.45) is 0 Å². The molecule has 0 saturated heterocycles. The summed E-state index contributed by atoms with van der Waals surface area (Å²) < 4.78 is 50.2. The second-order valence-electron chi connectivity index (χ2n) is 9.58. The van der Waals surface area contributed by atoms with E-state index < -0.39 is 17.1 Å². The van der Waals surface area contributed by atoms with Crippen molar-refractivity contribution >= 4 is 38.3 Å². The molecule has 0 fully saturated rings. The summed E-state index contributed by atoms with van der Waals surface area (Å²) in [5.41, 5.74) is -3.07. The molecule has 0 aliphatic heterocycles. The summed E-state index contributed by atoms with van der Waals surface area (Å²) in [6, 6.07) is 20.6. The van der Waals surface area contributed by atoms with E-state index in [0.717, 1.165) is 11.1 Å². The molecule has 1 heterocycles. The number of thiophene rings is 1. The van der Waals surface area contributed by atoms with E-state index in [2.05, 4.69) is 55.2 Å². The first kappa shape index (κ1) is 28.6. The van der Waals surface area contributed by atoms with Crippen molar-refractivity contribution in [3.63, 3.8) is 0 Å². The molecule has 39 heavy (non-hydrogen) atoms. The third-order valence-electron chi connectivity index (χ3n) is 5.79. The van der Waals surface area contributed by atoms with Crippen LogP contribution in [0.1, 0.15) is 35.4 Å². The first-order chi connectivity index (χ1) is 18.3. The van der Waals surface area contributed by atoms with Crippen molar-refractivity contribution in [3.8, 4) is 22.5 Å². The maximum Gasteiger partial charge on any atom is 0.446 e. The van der Waals surface area contributed by atoms with Gasteiger partial charge in [0, 0.05) is 51.4 Å². The third kappa shape index (κ3) is 7.37. The average molecular weight is 570 g/mol. The fourth-order valence-electron chi connectivity index (χ4n) is 4.24. The van der Waals surface area contributed by atoms with Crippen molar-refractivity contribution in [2.75, 3.05) is 6.61 Å². The molecule has 0 bridgehead atoms. The van der Waals surface area contributed by atoms with Crippen molar-refractivity contribution in [3.05, 3.63) is 88.3 Å². The van der Waals surface area contributed by atoms with Crippen molar-refractivity contribution in [1.29, 1.82) is 0 Å². The Morgan fingerprint density at radius 1 is 0.949 bits per heavy atom. The highest BCUT2D eigenvalue weighted by molar-refractivity contribution is 8.00. The molecule has 1 unspecified atom stereocenters. The minimum atomic E-state index is -4.34. The average Bonchev–Trinajstić information content (AvgIpc) is 3.17. The number of fused-ring (bicyclic) bond motifs is 1. The Kier molecular flexibility index (Phi) is 8.34. The first-order valence-corrected chi connectivity index (χ1v) is 14.2. The fourth-order valence-corrected chi connectivity index (χ4v) is 7.16. The number of hydrogen-bond acceptors (Lipinski definition) is 4. The number of hydrogen-bond donors (Lipinski definition) is 0. The number of alkyl halides is 3. The molecule has 4 aromatic rings. The minimum Gasteiger partial charge on any atom is -0.481 e. The molecule has 0 radical (unpaired) electrons. The van der Waals surface area contributed by atoms with Gasteiger partial charge < -0.3 is 9.47 Å². The number of esters is 1. The molecule has 3 nitrogen and oxygen atoms in total. The second kappa shape index (κ2) is 11.4. The molecule has 4 rings (SSSR count). The van der Waals surface area contributed by atoms with Crippen LogP contribution in [0, 0.1) is 32.6 Å². The van der Waals surface area contributed by atoms with Crippen LogP contribution >= 0.6 is 22.2 Å². The highest BCUT2D eigenvalue weighted by atomic mass is 32.2. The number of carbonyl (C=O) groups excluding carboxylic acids is 1. The van der Waals surface area contributed by atoms with Crippen LogP contribution in [0.2, 0.25) is 0 Å². The molecule has 3 aromatic carbocycles. The Morgan fingerprint density at radius 2 is 1.59 bits per heavy atom. The van der Waals surface area contributed by atoms with Gasteiger partial charge in [0.15, 0.2) is 26.7 Å². The van der Waals surface area contributed by atoms with Crippen LogP contribution < -0.4 is 4.74 Å². The van der Waals surface area contributed by atoms with Gasteiger partial charge in [0.2, 0.25) is 0 Å². The van der Waals surface area contributed by atoms with Gasteiger partial charge >= 0.3 is 11.5 Å². The van der Waals surface area contributed by atoms with E-state index in [1.165, 1.54) is 44.1 Å². The zero-order valence-corrected chi connectivity index (χ0v) is 23.9. The molecule has 0 N–H and O–H groups in total. The zero-order chi connectivity index (χ0) is 28.4. The molecule has 0 aliphatic rings. The van der Waals surface area contributed by atoms with Crippen LogP contribution in [0.4, 0.5) is 13.2 Å². The predicted octanol–water partition coefficient (Wildman–Crippen LogP) is 8.87. The smallest absolute Gasteiger partial charge is 0.446 e. The van der Waals surface area contributed by atoms with Crippen molar-refractivity contribution in [1.82, 2.24) is 0 Å². The predicted molar refractivity (Wildman–Crippen MR) is 153 cm³/mol. The van der Waals surface area contributed by atoms with Crippen LogP contribution in [0.5, 0.6) is 5.75 Å². The standard InChI is InChI=1S/C31H28F3O3S2/c1-20-16-26(39-22(3)18-24-8-6-7-9-27(24)39)17-21(2)29(20)36-19-28(35)37-30(4,5)15-14-23-10-12-25(13-11-23)38-31(32,33)34/h6-13,16-18H,19H2,1-5H3/q+1. The molecule has 0 aliphatic carbocycles. The first-order valence-electron chi connectivity index (χ1n) is 12.2. The summed E-state index contributed by atoms with van der Waals surface area (Å²) in [5, 5.41) is 1.25. The Balaban J connectivity index is 1.40. The van der Waals surface area contributed by atoms with Crippen LogP contribution in [0.15, 0.2) is 71.6 Å².